The van der Waals surface area contributed by atoms with Crippen molar-refractivity contribution < 1.29 is 4.79 Å². The van der Waals surface area contributed by atoms with Gasteiger partial charge in [-0.05, 0) is 19.4 Å². The summed E-state index contributed by atoms with van der Waals surface area (Å²) in [5.41, 5.74) is 0.746. The van der Waals surface area contributed by atoms with E-state index in [0.29, 0.717) is 0 Å². The van der Waals surface area contributed by atoms with Gasteiger partial charge in [0.2, 0.25) is 0 Å². The highest BCUT2D eigenvalue weighted by atomic mass is 16.1. The molecule has 1 amide bonds. The summed E-state index contributed by atoms with van der Waals surface area (Å²) in [6, 6.07) is 1.84. The second-order valence-electron chi connectivity index (χ2n) is 2.99. The predicted octanol–water partition coefficient (Wildman–Crippen LogP) is 1.65. The SMILES string of the molecule is CCCNC(=O)c1ccn(CC)c1. The van der Waals surface area contributed by atoms with Crippen LogP contribution in [0.5, 0.6) is 0 Å². The number of carbonyl (C=O) groups is 1. The normalized spacial score (nSPS) is 10.0. The summed E-state index contributed by atoms with van der Waals surface area (Å²) in [5, 5.41) is 2.83. The minimum Gasteiger partial charge on any atom is -0.354 e. The van der Waals surface area contributed by atoms with Crippen LogP contribution in [0.2, 0.25) is 0 Å². The molecular formula is C10H16N2O. The van der Waals surface area contributed by atoms with Crippen LogP contribution in [0, 0.1) is 0 Å². The molecular weight excluding hydrogens is 164 g/mol. The molecule has 0 atom stereocenters. The summed E-state index contributed by atoms with van der Waals surface area (Å²) < 4.78 is 1.99. The number of nitrogens with one attached hydrogen (secondary N) is 1. The summed E-state index contributed by atoms with van der Waals surface area (Å²) in [6.45, 7) is 5.74. The van der Waals surface area contributed by atoms with Gasteiger partial charge in [0, 0.05) is 25.5 Å². The van der Waals surface area contributed by atoms with Crippen LogP contribution >= 0.6 is 0 Å². The zero-order valence-corrected chi connectivity index (χ0v) is 8.21. The van der Waals surface area contributed by atoms with Crippen LogP contribution < -0.4 is 5.32 Å². The van der Waals surface area contributed by atoms with E-state index in [1.165, 1.54) is 0 Å². The second kappa shape index (κ2) is 4.70. The van der Waals surface area contributed by atoms with Crippen molar-refractivity contribution in [2.24, 2.45) is 0 Å². The minimum atomic E-state index is 0.0223. The number of aromatic nitrogens is 1. The quantitative estimate of drug-likeness (QED) is 0.751. The lowest BCUT2D eigenvalue weighted by molar-refractivity contribution is 0.0953. The number of rotatable bonds is 4. The zero-order valence-electron chi connectivity index (χ0n) is 8.21. The highest BCUT2D eigenvalue weighted by Gasteiger charge is 2.04. The Morgan fingerprint density at radius 1 is 1.54 bits per heavy atom. The third-order valence-electron chi connectivity index (χ3n) is 1.91. The Kier molecular flexibility index (Phi) is 3.55. The van der Waals surface area contributed by atoms with Crippen LogP contribution in [-0.2, 0) is 6.54 Å². The van der Waals surface area contributed by atoms with E-state index in [4.69, 9.17) is 0 Å². The molecule has 1 aromatic rings. The lowest BCUT2D eigenvalue weighted by Gasteiger charge is -2.00. The van der Waals surface area contributed by atoms with E-state index in [-0.39, 0.29) is 5.91 Å². The standard InChI is InChI=1S/C10H16N2O/c1-3-6-11-10(13)9-5-7-12(4-2)8-9/h5,7-8H,3-4,6H2,1-2H3,(H,11,13). The van der Waals surface area contributed by atoms with Gasteiger partial charge in [0.05, 0.1) is 5.56 Å². The Balaban J connectivity index is 2.55. The largest absolute Gasteiger partial charge is 0.354 e. The Labute approximate surface area is 78.8 Å². The fraction of sp³-hybridized carbons (Fsp3) is 0.500. The van der Waals surface area contributed by atoms with Crippen molar-refractivity contribution in [2.45, 2.75) is 26.8 Å². The highest BCUT2D eigenvalue weighted by molar-refractivity contribution is 5.93. The second-order valence-corrected chi connectivity index (χ2v) is 2.99. The van der Waals surface area contributed by atoms with Crippen molar-refractivity contribution in [3.8, 4) is 0 Å². The molecule has 13 heavy (non-hydrogen) atoms. The van der Waals surface area contributed by atoms with E-state index in [2.05, 4.69) is 5.32 Å². The van der Waals surface area contributed by atoms with Crippen LogP contribution in [-0.4, -0.2) is 17.0 Å². The van der Waals surface area contributed by atoms with Gasteiger partial charge in [0.1, 0.15) is 0 Å². The van der Waals surface area contributed by atoms with Crippen molar-refractivity contribution in [3.05, 3.63) is 24.0 Å². The van der Waals surface area contributed by atoms with Gasteiger partial charge < -0.3 is 9.88 Å². The first kappa shape index (κ1) is 9.84. The van der Waals surface area contributed by atoms with Crippen molar-refractivity contribution in [2.75, 3.05) is 6.54 Å². The summed E-state index contributed by atoms with van der Waals surface area (Å²) in [6.07, 6.45) is 4.76. The van der Waals surface area contributed by atoms with Gasteiger partial charge in [-0.2, -0.15) is 0 Å². The van der Waals surface area contributed by atoms with Crippen LogP contribution in [0.1, 0.15) is 30.6 Å². The Morgan fingerprint density at radius 3 is 2.85 bits per heavy atom. The van der Waals surface area contributed by atoms with E-state index < -0.39 is 0 Å². The molecule has 0 saturated heterocycles. The van der Waals surface area contributed by atoms with E-state index in [0.717, 1.165) is 25.1 Å². The van der Waals surface area contributed by atoms with E-state index in [1.807, 2.05) is 36.9 Å². The maximum atomic E-state index is 11.4. The predicted molar refractivity (Wildman–Crippen MR) is 52.7 cm³/mol. The van der Waals surface area contributed by atoms with Gasteiger partial charge >= 0.3 is 0 Å². The Bertz CT molecular complexity index is 278. The molecule has 0 fully saturated rings. The number of carbonyl (C=O) groups excluding carboxylic acids is 1. The van der Waals surface area contributed by atoms with Crippen LogP contribution in [0.15, 0.2) is 18.5 Å². The molecule has 72 valence electrons. The number of aryl methyl sites for hydroxylation is 1. The summed E-state index contributed by atoms with van der Waals surface area (Å²) in [4.78, 5) is 11.4. The molecule has 0 aliphatic heterocycles. The number of hydrogen-bond acceptors (Lipinski definition) is 1. The third-order valence-corrected chi connectivity index (χ3v) is 1.91. The molecule has 1 heterocycles. The molecule has 3 heteroatoms. The number of hydrogen-bond donors (Lipinski definition) is 1. The fourth-order valence-corrected chi connectivity index (χ4v) is 1.11. The fourth-order valence-electron chi connectivity index (χ4n) is 1.11. The Morgan fingerprint density at radius 2 is 2.31 bits per heavy atom. The van der Waals surface area contributed by atoms with Crippen molar-refractivity contribution in [3.63, 3.8) is 0 Å². The van der Waals surface area contributed by atoms with Crippen LogP contribution in [0.4, 0.5) is 0 Å². The molecule has 0 aliphatic rings. The van der Waals surface area contributed by atoms with E-state index in [9.17, 15) is 4.79 Å². The monoisotopic (exact) mass is 180 g/mol. The smallest absolute Gasteiger partial charge is 0.252 e. The lowest BCUT2D eigenvalue weighted by atomic mass is 10.3. The molecule has 0 aromatic carbocycles. The average Bonchev–Trinajstić information content (AvgIpc) is 2.62. The Hall–Kier alpha value is -1.25. The van der Waals surface area contributed by atoms with Crippen molar-refractivity contribution in [1.82, 2.24) is 9.88 Å². The molecule has 3 nitrogen and oxygen atoms in total. The van der Waals surface area contributed by atoms with Crippen LogP contribution in [0.25, 0.3) is 0 Å². The van der Waals surface area contributed by atoms with Gasteiger partial charge in [-0.3, -0.25) is 4.79 Å². The number of nitrogens with zero attached hydrogens (tertiary/aromatic N) is 1. The molecule has 0 unspecified atom stereocenters. The zero-order chi connectivity index (χ0) is 9.68. The molecule has 0 bridgehead atoms. The summed E-state index contributed by atoms with van der Waals surface area (Å²) in [5.74, 6) is 0.0223. The maximum absolute atomic E-state index is 11.4. The van der Waals surface area contributed by atoms with Gasteiger partial charge in [-0.15, -0.1) is 0 Å². The van der Waals surface area contributed by atoms with Gasteiger partial charge in [-0.25, -0.2) is 0 Å². The minimum absolute atomic E-state index is 0.0223. The summed E-state index contributed by atoms with van der Waals surface area (Å²) >= 11 is 0. The maximum Gasteiger partial charge on any atom is 0.252 e. The molecule has 0 spiro atoms. The van der Waals surface area contributed by atoms with Crippen LogP contribution in [0.3, 0.4) is 0 Å². The summed E-state index contributed by atoms with van der Waals surface area (Å²) in [7, 11) is 0. The van der Waals surface area contributed by atoms with Crippen molar-refractivity contribution in [1.29, 1.82) is 0 Å². The molecule has 1 rings (SSSR count). The molecule has 0 radical (unpaired) electrons. The molecule has 1 N–H and O–H groups in total. The highest BCUT2D eigenvalue weighted by Crippen LogP contribution is 2.00. The first-order chi connectivity index (χ1) is 6.27. The van der Waals surface area contributed by atoms with Crippen molar-refractivity contribution >= 4 is 5.91 Å². The molecule has 0 aliphatic carbocycles. The lowest BCUT2D eigenvalue weighted by Crippen LogP contribution is -2.23. The van der Waals surface area contributed by atoms with E-state index >= 15 is 0 Å². The number of amides is 1. The first-order valence-corrected chi connectivity index (χ1v) is 4.72. The topological polar surface area (TPSA) is 34.0 Å². The van der Waals surface area contributed by atoms with Gasteiger partial charge in [0.25, 0.3) is 5.91 Å². The first-order valence-electron chi connectivity index (χ1n) is 4.72. The molecule has 0 saturated carbocycles. The molecule has 1 aromatic heterocycles. The van der Waals surface area contributed by atoms with Gasteiger partial charge in [-0.1, -0.05) is 6.92 Å². The van der Waals surface area contributed by atoms with Gasteiger partial charge in [0.15, 0.2) is 0 Å². The van der Waals surface area contributed by atoms with E-state index in [1.54, 1.807) is 0 Å². The average molecular weight is 180 g/mol. The third kappa shape index (κ3) is 2.61.